The number of nitrogens with zero attached hydrogens (tertiary/aromatic N) is 3. The van der Waals surface area contributed by atoms with Gasteiger partial charge in [0.25, 0.3) is 5.91 Å². The van der Waals surface area contributed by atoms with E-state index >= 15 is 0 Å². The molecule has 1 aliphatic heterocycles. The van der Waals surface area contributed by atoms with E-state index < -0.39 is 0 Å². The monoisotopic (exact) mass is 293 g/mol. The number of aliphatic hydroxyl groups is 1. The van der Waals surface area contributed by atoms with Crippen LogP contribution in [0.15, 0.2) is 6.07 Å². The zero-order valence-electron chi connectivity index (χ0n) is 13.4. The van der Waals surface area contributed by atoms with Crippen LogP contribution in [-0.2, 0) is 6.54 Å². The Labute approximate surface area is 126 Å². The highest BCUT2D eigenvalue weighted by molar-refractivity contribution is 5.93. The molecule has 0 saturated carbocycles. The largest absolute Gasteiger partial charge is 0.394 e. The molecule has 5 nitrogen and oxygen atoms in total. The first-order chi connectivity index (χ1) is 10.1. The molecule has 1 saturated heterocycles. The quantitative estimate of drug-likeness (QED) is 0.927. The first-order valence-corrected chi connectivity index (χ1v) is 8.08. The Bertz CT molecular complexity index is 482. The lowest BCUT2D eigenvalue weighted by Crippen LogP contribution is -2.42. The molecule has 1 N–H and O–H groups in total. The van der Waals surface area contributed by atoms with Gasteiger partial charge in [-0.15, -0.1) is 0 Å². The second-order valence-electron chi connectivity index (χ2n) is 6.11. The molecule has 0 spiro atoms. The van der Waals surface area contributed by atoms with E-state index in [0.29, 0.717) is 18.2 Å². The first-order valence-electron chi connectivity index (χ1n) is 8.08. The van der Waals surface area contributed by atoms with Crippen molar-refractivity contribution in [3.63, 3.8) is 0 Å². The normalized spacial score (nSPS) is 19.9. The Morgan fingerprint density at radius 2 is 2.19 bits per heavy atom. The molecule has 1 aromatic rings. The van der Waals surface area contributed by atoms with Crippen molar-refractivity contribution in [2.24, 2.45) is 0 Å². The highest BCUT2D eigenvalue weighted by Gasteiger charge is 2.28. The summed E-state index contributed by atoms with van der Waals surface area (Å²) in [5, 5.41) is 14.1. The van der Waals surface area contributed by atoms with Crippen LogP contribution in [0.25, 0.3) is 0 Å². The van der Waals surface area contributed by atoms with Gasteiger partial charge >= 0.3 is 0 Å². The van der Waals surface area contributed by atoms with E-state index in [4.69, 9.17) is 0 Å². The van der Waals surface area contributed by atoms with Gasteiger partial charge in [0.05, 0.1) is 18.3 Å². The molecule has 1 amide bonds. The minimum atomic E-state index is -0.0530. The molecule has 2 heterocycles. The average molecular weight is 293 g/mol. The van der Waals surface area contributed by atoms with Gasteiger partial charge in [-0.05, 0) is 31.7 Å². The maximum absolute atomic E-state index is 12.9. The van der Waals surface area contributed by atoms with Gasteiger partial charge in [-0.25, -0.2) is 0 Å². The first kappa shape index (κ1) is 16.0. The van der Waals surface area contributed by atoms with Crippen molar-refractivity contribution in [1.29, 1.82) is 0 Å². The summed E-state index contributed by atoms with van der Waals surface area (Å²) in [6.07, 6.45) is 4.11. The number of likely N-dealkylation sites (tertiary alicyclic amines) is 1. The van der Waals surface area contributed by atoms with Crippen molar-refractivity contribution in [2.45, 2.75) is 65.0 Å². The molecule has 5 heteroatoms. The number of carbonyl (C=O) groups is 1. The number of aromatic nitrogens is 2. The number of carbonyl (C=O) groups excluding carboxylic acids is 1. The molecule has 1 unspecified atom stereocenters. The van der Waals surface area contributed by atoms with Gasteiger partial charge in [0.1, 0.15) is 5.69 Å². The maximum atomic E-state index is 12.9. The average Bonchev–Trinajstić information content (AvgIpc) is 2.77. The maximum Gasteiger partial charge on any atom is 0.272 e. The van der Waals surface area contributed by atoms with Gasteiger partial charge in [-0.2, -0.15) is 5.10 Å². The Morgan fingerprint density at radius 1 is 1.43 bits per heavy atom. The highest BCUT2D eigenvalue weighted by atomic mass is 16.3. The minimum Gasteiger partial charge on any atom is -0.394 e. The smallest absolute Gasteiger partial charge is 0.272 e. The summed E-state index contributed by atoms with van der Waals surface area (Å²) in [6, 6.07) is 1.86. The molecular weight excluding hydrogens is 266 g/mol. The fourth-order valence-corrected chi connectivity index (χ4v) is 2.91. The molecule has 1 aliphatic rings. The van der Waals surface area contributed by atoms with Gasteiger partial charge in [0.2, 0.25) is 0 Å². The Kier molecular flexibility index (Phi) is 5.39. The molecule has 1 aromatic heterocycles. The molecule has 1 fully saturated rings. The fraction of sp³-hybridized carbons (Fsp3) is 0.750. The van der Waals surface area contributed by atoms with Gasteiger partial charge in [-0.3, -0.25) is 9.48 Å². The minimum absolute atomic E-state index is 0.0113. The summed E-state index contributed by atoms with van der Waals surface area (Å²) >= 11 is 0. The van der Waals surface area contributed by atoms with Gasteiger partial charge in [0, 0.05) is 13.1 Å². The Morgan fingerprint density at radius 3 is 2.81 bits per heavy atom. The lowest BCUT2D eigenvalue weighted by atomic mass is 10.1. The van der Waals surface area contributed by atoms with Gasteiger partial charge in [0.15, 0.2) is 0 Å². The number of aliphatic hydroxyl groups excluding tert-OH is 1. The van der Waals surface area contributed by atoms with Crippen LogP contribution < -0.4 is 0 Å². The van der Waals surface area contributed by atoms with Crippen molar-refractivity contribution in [3.8, 4) is 0 Å². The number of amides is 1. The van der Waals surface area contributed by atoms with Crippen molar-refractivity contribution in [2.75, 3.05) is 13.2 Å². The topological polar surface area (TPSA) is 58.4 Å². The number of hydrogen-bond donors (Lipinski definition) is 1. The van der Waals surface area contributed by atoms with Crippen LogP contribution in [0.4, 0.5) is 0 Å². The Hall–Kier alpha value is -1.36. The highest BCUT2D eigenvalue weighted by Crippen LogP contribution is 2.21. The summed E-state index contributed by atoms with van der Waals surface area (Å²) in [5.41, 5.74) is 1.61. The molecular formula is C16H27N3O2. The number of hydrogen-bond acceptors (Lipinski definition) is 3. The molecule has 0 aliphatic carbocycles. The van der Waals surface area contributed by atoms with Crippen LogP contribution in [0.2, 0.25) is 0 Å². The van der Waals surface area contributed by atoms with Crippen molar-refractivity contribution in [3.05, 3.63) is 17.5 Å². The van der Waals surface area contributed by atoms with Crippen LogP contribution in [0.5, 0.6) is 0 Å². The van der Waals surface area contributed by atoms with E-state index in [0.717, 1.165) is 37.9 Å². The van der Waals surface area contributed by atoms with E-state index in [9.17, 15) is 9.90 Å². The third-order valence-corrected chi connectivity index (χ3v) is 4.26. The van der Waals surface area contributed by atoms with Crippen molar-refractivity contribution in [1.82, 2.24) is 14.7 Å². The van der Waals surface area contributed by atoms with E-state index in [-0.39, 0.29) is 18.6 Å². The predicted octanol–water partition coefficient (Wildman–Crippen LogP) is 2.40. The number of rotatable bonds is 4. The lowest BCUT2D eigenvalue weighted by Gasteiger charge is -2.28. The summed E-state index contributed by atoms with van der Waals surface area (Å²) < 4.78 is 1.79. The molecule has 118 valence electrons. The fourth-order valence-electron chi connectivity index (χ4n) is 2.91. The van der Waals surface area contributed by atoms with Crippen molar-refractivity contribution < 1.29 is 9.90 Å². The van der Waals surface area contributed by atoms with E-state index in [1.807, 2.05) is 17.9 Å². The standard InChI is InChI=1S/C16H27N3O2/c1-4-19-15(10-14(17-19)12(2)3)16(21)18-9-7-5-6-8-13(18)11-20/h10,12-13,20H,4-9,11H2,1-3H3. The molecule has 1 atom stereocenters. The summed E-state index contributed by atoms with van der Waals surface area (Å²) in [7, 11) is 0. The summed E-state index contributed by atoms with van der Waals surface area (Å²) in [4.78, 5) is 14.7. The van der Waals surface area contributed by atoms with E-state index in [2.05, 4.69) is 18.9 Å². The second kappa shape index (κ2) is 7.07. The molecule has 0 bridgehead atoms. The third-order valence-electron chi connectivity index (χ3n) is 4.26. The van der Waals surface area contributed by atoms with Crippen LogP contribution in [-0.4, -0.2) is 44.9 Å². The molecule has 0 radical (unpaired) electrons. The molecule has 2 rings (SSSR count). The van der Waals surface area contributed by atoms with Crippen LogP contribution >= 0.6 is 0 Å². The lowest BCUT2D eigenvalue weighted by molar-refractivity contribution is 0.0587. The van der Waals surface area contributed by atoms with Crippen molar-refractivity contribution >= 4 is 5.91 Å². The SMILES string of the molecule is CCn1nc(C(C)C)cc1C(=O)N1CCCCCC1CO. The van der Waals surface area contributed by atoms with Crippen LogP contribution in [0.3, 0.4) is 0 Å². The summed E-state index contributed by atoms with van der Waals surface area (Å²) in [6.45, 7) is 7.63. The Balaban J connectivity index is 2.28. The second-order valence-corrected chi connectivity index (χ2v) is 6.11. The molecule has 0 aromatic carbocycles. The third kappa shape index (κ3) is 3.46. The zero-order chi connectivity index (χ0) is 15.4. The van der Waals surface area contributed by atoms with E-state index in [1.54, 1.807) is 4.68 Å². The predicted molar refractivity (Wildman–Crippen MR) is 82.4 cm³/mol. The van der Waals surface area contributed by atoms with Gasteiger partial charge < -0.3 is 10.0 Å². The van der Waals surface area contributed by atoms with Crippen LogP contribution in [0, 0.1) is 0 Å². The molecule has 21 heavy (non-hydrogen) atoms. The zero-order valence-corrected chi connectivity index (χ0v) is 13.4. The van der Waals surface area contributed by atoms with E-state index in [1.165, 1.54) is 0 Å². The summed E-state index contributed by atoms with van der Waals surface area (Å²) in [5.74, 6) is 0.319. The van der Waals surface area contributed by atoms with Crippen LogP contribution in [0.1, 0.15) is 68.6 Å². The van der Waals surface area contributed by atoms with Gasteiger partial charge in [-0.1, -0.05) is 26.7 Å². The number of aryl methyl sites for hydroxylation is 1.